The van der Waals surface area contributed by atoms with Gasteiger partial charge in [0.1, 0.15) is 6.04 Å². The molecule has 3 unspecified atom stereocenters. The van der Waals surface area contributed by atoms with Crippen molar-refractivity contribution in [1.29, 1.82) is 0 Å². The summed E-state index contributed by atoms with van der Waals surface area (Å²) in [6.45, 7) is 4.74. The maximum Gasteiger partial charge on any atom is 0.326 e. The predicted octanol–water partition coefficient (Wildman–Crippen LogP) is 2.85. The normalized spacial score (nSPS) is 26.4. The highest BCUT2D eigenvalue weighted by atomic mass is 16.4. The van der Waals surface area contributed by atoms with E-state index >= 15 is 0 Å². The van der Waals surface area contributed by atoms with Crippen molar-refractivity contribution >= 4 is 11.9 Å². The summed E-state index contributed by atoms with van der Waals surface area (Å²) in [5, 5.41) is 14.0. The number of fused-ring (bicyclic) bond motifs is 1. The molecule has 1 saturated carbocycles. The van der Waals surface area contributed by atoms with Crippen LogP contribution in [0.2, 0.25) is 0 Å². The zero-order chi connectivity index (χ0) is 17.3. The van der Waals surface area contributed by atoms with Crippen molar-refractivity contribution in [2.24, 2.45) is 5.92 Å². The number of carbonyl (C=O) groups excluding carboxylic acids is 1. The second kappa shape index (κ2) is 6.95. The van der Waals surface area contributed by atoms with Crippen LogP contribution in [0, 0.1) is 12.8 Å². The molecule has 0 aromatic carbocycles. The molecule has 0 radical (unpaired) electrons. The van der Waals surface area contributed by atoms with Gasteiger partial charge in [-0.05, 0) is 38.5 Å². The van der Waals surface area contributed by atoms with Gasteiger partial charge in [-0.1, -0.05) is 26.2 Å². The smallest absolute Gasteiger partial charge is 0.326 e. The van der Waals surface area contributed by atoms with E-state index in [1.54, 1.807) is 11.1 Å². The van der Waals surface area contributed by atoms with Crippen LogP contribution >= 0.6 is 0 Å². The summed E-state index contributed by atoms with van der Waals surface area (Å²) in [5.41, 5.74) is 1.25. The molecule has 1 aliphatic carbocycles. The van der Waals surface area contributed by atoms with Gasteiger partial charge in [-0.15, -0.1) is 0 Å². The van der Waals surface area contributed by atoms with Gasteiger partial charge in [-0.3, -0.25) is 9.48 Å². The SMILES string of the molecule is CCCCn1cc(C(=O)N2C(C(=O)O)CC3CCCCC32)c(C)n1. The van der Waals surface area contributed by atoms with Crippen LogP contribution in [0.15, 0.2) is 6.20 Å². The lowest BCUT2D eigenvalue weighted by Gasteiger charge is -2.32. The Morgan fingerprint density at radius 1 is 1.33 bits per heavy atom. The molecule has 3 rings (SSSR count). The maximum atomic E-state index is 13.1. The second-order valence-electron chi connectivity index (χ2n) is 7.16. The van der Waals surface area contributed by atoms with E-state index in [2.05, 4.69) is 12.0 Å². The first-order valence-electron chi connectivity index (χ1n) is 9.12. The molecule has 1 aliphatic heterocycles. The molecule has 0 bridgehead atoms. The topological polar surface area (TPSA) is 75.4 Å². The minimum Gasteiger partial charge on any atom is -0.480 e. The van der Waals surface area contributed by atoms with Crippen LogP contribution in [0.3, 0.4) is 0 Å². The van der Waals surface area contributed by atoms with Crippen LogP contribution in [0.5, 0.6) is 0 Å². The van der Waals surface area contributed by atoms with Gasteiger partial charge in [0.05, 0.1) is 11.3 Å². The van der Waals surface area contributed by atoms with Gasteiger partial charge in [-0.25, -0.2) is 4.79 Å². The largest absolute Gasteiger partial charge is 0.480 e. The minimum absolute atomic E-state index is 0.0748. The van der Waals surface area contributed by atoms with Crippen molar-refractivity contribution in [2.45, 2.75) is 77.4 Å². The van der Waals surface area contributed by atoms with E-state index in [9.17, 15) is 14.7 Å². The van der Waals surface area contributed by atoms with Crippen molar-refractivity contribution in [3.63, 3.8) is 0 Å². The number of carboxylic acid groups (broad SMARTS) is 1. The standard InChI is InChI=1S/C18H27N3O3/c1-3-4-9-20-11-14(12(2)19-20)17(22)21-15-8-6-5-7-13(15)10-16(21)18(23)24/h11,13,15-16H,3-10H2,1-2H3,(H,23,24). The highest BCUT2D eigenvalue weighted by molar-refractivity contribution is 5.98. The quantitative estimate of drug-likeness (QED) is 0.899. The summed E-state index contributed by atoms with van der Waals surface area (Å²) in [6.07, 6.45) is 8.64. The molecule has 132 valence electrons. The molecule has 0 spiro atoms. The zero-order valence-corrected chi connectivity index (χ0v) is 14.6. The van der Waals surface area contributed by atoms with E-state index in [0.717, 1.165) is 45.1 Å². The van der Waals surface area contributed by atoms with E-state index in [1.165, 1.54) is 0 Å². The average Bonchev–Trinajstić information content (AvgIpc) is 3.13. The lowest BCUT2D eigenvalue weighted by Crippen LogP contribution is -2.46. The molecule has 1 aromatic rings. The number of carbonyl (C=O) groups is 2. The Kier molecular flexibility index (Phi) is 4.92. The monoisotopic (exact) mass is 333 g/mol. The van der Waals surface area contributed by atoms with Crippen LogP contribution in [-0.2, 0) is 11.3 Å². The summed E-state index contributed by atoms with van der Waals surface area (Å²) < 4.78 is 1.82. The number of hydrogen-bond acceptors (Lipinski definition) is 3. The summed E-state index contributed by atoms with van der Waals surface area (Å²) >= 11 is 0. The van der Waals surface area contributed by atoms with E-state index < -0.39 is 12.0 Å². The van der Waals surface area contributed by atoms with Crippen molar-refractivity contribution in [3.8, 4) is 0 Å². The van der Waals surface area contributed by atoms with Gasteiger partial charge in [0, 0.05) is 18.8 Å². The molecular weight excluding hydrogens is 306 g/mol. The molecule has 24 heavy (non-hydrogen) atoms. The lowest BCUT2D eigenvalue weighted by molar-refractivity contribution is -0.141. The third-order valence-electron chi connectivity index (χ3n) is 5.53. The van der Waals surface area contributed by atoms with Crippen molar-refractivity contribution in [2.75, 3.05) is 0 Å². The maximum absolute atomic E-state index is 13.1. The third kappa shape index (κ3) is 3.06. The number of carboxylic acids is 1. The Morgan fingerprint density at radius 2 is 2.08 bits per heavy atom. The second-order valence-corrected chi connectivity index (χ2v) is 7.16. The zero-order valence-electron chi connectivity index (χ0n) is 14.6. The number of nitrogens with zero attached hydrogens (tertiary/aromatic N) is 3. The highest BCUT2D eigenvalue weighted by Crippen LogP contribution is 2.40. The number of aromatic nitrogens is 2. The van der Waals surface area contributed by atoms with E-state index in [1.807, 2.05) is 11.6 Å². The van der Waals surface area contributed by atoms with E-state index in [-0.39, 0.29) is 11.9 Å². The van der Waals surface area contributed by atoms with E-state index in [0.29, 0.717) is 23.6 Å². The van der Waals surface area contributed by atoms with Crippen LogP contribution in [0.4, 0.5) is 0 Å². The first kappa shape index (κ1) is 17.0. The number of amides is 1. The van der Waals surface area contributed by atoms with Gasteiger partial charge in [0.25, 0.3) is 5.91 Å². The van der Waals surface area contributed by atoms with Gasteiger partial charge in [0.2, 0.25) is 0 Å². The van der Waals surface area contributed by atoms with Gasteiger partial charge >= 0.3 is 5.97 Å². The number of hydrogen-bond donors (Lipinski definition) is 1. The first-order valence-corrected chi connectivity index (χ1v) is 9.12. The Hall–Kier alpha value is -1.85. The van der Waals surface area contributed by atoms with Crippen LogP contribution < -0.4 is 0 Å². The Bertz CT molecular complexity index is 625. The average molecular weight is 333 g/mol. The molecule has 6 nitrogen and oxygen atoms in total. The van der Waals surface area contributed by atoms with Crippen molar-refractivity contribution in [1.82, 2.24) is 14.7 Å². The molecule has 2 fully saturated rings. The van der Waals surface area contributed by atoms with Crippen LogP contribution in [0.25, 0.3) is 0 Å². The molecular formula is C18H27N3O3. The van der Waals surface area contributed by atoms with Crippen molar-refractivity contribution < 1.29 is 14.7 Å². The van der Waals surface area contributed by atoms with Crippen LogP contribution in [0.1, 0.15) is 67.9 Å². The molecule has 2 aliphatic rings. The number of aliphatic carboxylic acids is 1. The molecule has 2 heterocycles. The summed E-state index contributed by atoms with van der Waals surface area (Å²) in [6, 6.07) is -0.616. The molecule has 3 atom stereocenters. The van der Waals surface area contributed by atoms with E-state index in [4.69, 9.17) is 0 Å². The summed E-state index contributed by atoms with van der Waals surface area (Å²) in [4.78, 5) is 26.5. The third-order valence-corrected chi connectivity index (χ3v) is 5.53. The number of likely N-dealkylation sites (tertiary alicyclic amines) is 1. The number of aryl methyl sites for hydroxylation is 2. The summed E-state index contributed by atoms with van der Waals surface area (Å²) in [7, 11) is 0. The molecule has 1 amide bonds. The number of unbranched alkanes of at least 4 members (excludes halogenated alkanes) is 1. The fourth-order valence-electron chi connectivity index (χ4n) is 4.27. The van der Waals surface area contributed by atoms with Gasteiger partial charge in [0.15, 0.2) is 0 Å². The molecule has 1 aromatic heterocycles. The van der Waals surface area contributed by atoms with Gasteiger partial charge < -0.3 is 10.0 Å². The number of rotatable bonds is 5. The van der Waals surface area contributed by atoms with Gasteiger partial charge in [-0.2, -0.15) is 5.10 Å². The van der Waals surface area contributed by atoms with Crippen LogP contribution in [-0.4, -0.2) is 43.7 Å². The Labute approximate surface area is 142 Å². The Balaban J connectivity index is 1.86. The fourth-order valence-corrected chi connectivity index (χ4v) is 4.27. The Morgan fingerprint density at radius 3 is 2.79 bits per heavy atom. The van der Waals surface area contributed by atoms with Crippen molar-refractivity contribution in [3.05, 3.63) is 17.5 Å². The predicted molar refractivity (Wildman–Crippen MR) is 89.8 cm³/mol. The minimum atomic E-state index is -0.881. The highest BCUT2D eigenvalue weighted by Gasteiger charge is 2.48. The first-order chi connectivity index (χ1) is 11.5. The molecule has 1 saturated heterocycles. The fraction of sp³-hybridized carbons (Fsp3) is 0.722. The molecule has 1 N–H and O–H groups in total. The lowest BCUT2D eigenvalue weighted by atomic mass is 9.84. The summed E-state index contributed by atoms with van der Waals surface area (Å²) in [5.74, 6) is -0.704. The molecule has 6 heteroatoms.